The molecule has 4 aromatic carbocycles. The van der Waals surface area contributed by atoms with Gasteiger partial charge in [0.05, 0.1) is 0 Å². The maximum absolute atomic E-state index is 9.54. The molecule has 138 valence electrons. The van der Waals surface area contributed by atoms with Crippen LogP contribution >= 0.6 is 11.3 Å². The summed E-state index contributed by atoms with van der Waals surface area (Å²) >= 11 is 1.81. The fourth-order valence-electron chi connectivity index (χ4n) is 4.10. The minimum absolute atomic E-state index is 0.456. The highest BCUT2D eigenvalue weighted by molar-refractivity contribution is 7.26. The third-order valence-corrected chi connectivity index (χ3v) is 6.73. The van der Waals surface area contributed by atoms with Gasteiger partial charge in [-0.2, -0.15) is 0 Å². The van der Waals surface area contributed by atoms with Gasteiger partial charge in [0.1, 0.15) is 11.2 Å². The Balaban J connectivity index is 1.63. The summed E-state index contributed by atoms with van der Waals surface area (Å²) < 4.78 is 8.51. The molecule has 2 N–H and O–H groups in total. The first kappa shape index (κ1) is 16.8. The number of benzene rings is 4. The van der Waals surface area contributed by atoms with Gasteiger partial charge in [0, 0.05) is 30.9 Å². The van der Waals surface area contributed by atoms with E-state index >= 15 is 0 Å². The fourth-order valence-corrected chi connectivity index (χ4v) is 5.34. The van der Waals surface area contributed by atoms with E-state index in [-0.39, 0.29) is 0 Å². The fraction of sp³-hybridized carbons (Fsp3) is 0. The molecule has 0 aliphatic rings. The van der Waals surface area contributed by atoms with E-state index in [1.807, 2.05) is 17.4 Å². The lowest BCUT2D eigenvalue weighted by Crippen LogP contribution is -2.29. The minimum Gasteiger partial charge on any atom is -0.456 e. The summed E-state index contributed by atoms with van der Waals surface area (Å²) in [6.07, 6.45) is 0. The molecule has 2 heterocycles. The van der Waals surface area contributed by atoms with Gasteiger partial charge in [0.25, 0.3) is 0 Å². The highest BCUT2D eigenvalue weighted by Gasteiger charge is 2.16. The van der Waals surface area contributed by atoms with E-state index in [1.165, 1.54) is 25.7 Å². The monoisotopic (exact) mass is 394 g/mol. The summed E-state index contributed by atoms with van der Waals surface area (Å²) in [7, 11) is -1.50. The Bertz CT molecular complexity index is 1540. The maximum Gasteiger partial charge on any atom is 0.488 e. The van der Waals surface area contributed by atoms with Crippen molar-refractivity contribution in [3.8, 4) is 11.1 Å². The molecular weight excluding hydrogens is 379 g/mol. The van der Waals surface area contributed by atoms with Gasteiger partial charge in [-0.3, -0.25) is 0 Å². The Hall–Kier alpha value is -3.12. The van der Waals surface area contributed by atoms with Gasteiger partial charge in [-0.15, -0.1) is 11.3 Å². The average Bonchev–Trinajstić information content (AvgIpc) is 3.30. The molecule has 0 amide bonds. The molecule has 0 radical (unpaired) electrons. The van der Waals surface area contributed by atoms with Gasteiger partial charge in [0.15, 0.2) is 0 Å². The first-order valence-corrected chi connectivity index (χ1v) is 10.2. The van der Waals surface area contributed by atoms with Crippen LogP contribution in [0.2, 0.25) is 0 Å². The largest absolute Gasteiger partial charge is 0.488 e. The summed E-state index contributed by atoms with van der Waals surface area (Å²) in [5.41, 5.74) is 4.29. The van der Waals surface area contributed by atoms with Crippen molar-refractivity contribution in [2.45, 2.75) is 0 Å². The van der Waals surface area contributed by atoms with E-state index in [2.05, 4.69) is 54.6 Å². The number of thiophene rings is 1. The topological polar surface area (TPSA) is 53.6 Å². The first-order valence-electron chi connectivity index (χ1n) is 9.42. The summed E-state index contributed by atoms with van der Waals surface area (Å²) in [5, 5.41) is 23.5. The first-order chi connectivity index (χ1) is 14.2. The Morgan fingerprint density at radius 3 is 2.31 bits per heavy atom. The molecule has 6 rings (SSSR count). The zero-order valence-corrected chi connectivity index (χ0v) is 16.1. The van der Waals surface area contributed by atoms with Crippen LogP contribution in [0, 0.1) is 0 Å². The lowest BCUT2D eigenvalue weighted by Gasteiger charge is -2.04. The summed E-state index contributed by atoms with van der Waals surface area (Å²) in [4.78, 5) is 0. The van der Waals surface area contributed by atoms with Gasteiger partial charge in [-0.1, -0.05) is 54.6 Å². The molecule has 0 spiro atoms. The second kappa shape index (κ2) is 6.19. The van der Waals surface area contributed by atoms with E-state index in [1.54, 1.807) is 18.2 Å². The summed E-state index contributed by atoms with van der Waals surface area (Å²) in [6.45, 7) is 0. The lowest BCUT2D eigenvalue weighted by molar-refractivity contribution is 0.426. The molecule has 0 aliphatic carbocycles. The van der Waals surface area contributed by atoms with Crippen LogP contribution in [-0.4, -0.2) is 17.2 Å². The highest BCUT2D eigenvalue weighted by Crippen LogP contribution is 2.41. The van der Waals surface area contributed by atoms with Gasteiger partial charge >= 0.3 is 7.12 Å². The molecule has 5 heteroatoms. The zero-order valence-electron chi connectivity index (χ0n) is 15.3. The summed E-state index contributed by atoms with van der Waals surface area (Å²) in [6, 6.07) is 26.4. The summed E-state index contributed by atoms with van der Waals surface area (Å²) in [5.74, 6) is 0. The van der Waals surface area contributed by atoms with Gasteiger partial charge < -0.3 is 14.5 Å². The van der Waals surface area contributed by atoms with Crippen molar-refractivity contribution in [1.29, 1.82) is 0 Å². The van der Waals surface area contributed by atoms with E-state index < -0.39 is 7.12 Å². The average molecular weight is 394 g/mol. The molecule has 0 fully saturated rings. The maximum atomic E-state index is 9.54. The predicted molar refractivity (Wildman–Crippen MR) is 122 cm³/mol. The Labute approximate surface area is 170 Å². The normalized spacial score (nSPS) is 11.8. The molecule has 0 aliphatic heterocycles. The Morgan fingerprint density at radius 1 is 0.690 bits per heavy atom. The van der Waals surface area contributed by atoms with Crippen LogP contribution in [0.1, 0.15) is 0 Å². The molecule has 6 aromatic rings. The van der Waals surface area contributed by atoms with Crippen LogP contribution in [-0.2, 0) is 0 Å². The molecule has 0 unspecified atom stereocenters. The number of rotatable bonds is 2. The zero-order chi connectivity index (χ0) is 19.5. The van der Waals surface area contributed by atoms with E-state index in [9.17, 15) is 10.0 Å². The van der Waals surface area contributed by atoms with E-state index in [4.69, 9.17) is 4.42 Å². The Kier molecular flexibility index (Phi) is 3.59. The van der Waals surface area contributed by atoms with Crippen LogP contribution in [0.25, 0.3) is 53.2 Å². The van der Waals surface area contributed by atoms with Crippen LogP contribution < -0.4 is 5.46 Å². The molecule has 29 heavy (non-hydrogen) atoms. The highest BCUT2D eigenvalue weighted by atomic mass is 32.1. The molecule has 2 aromatic heterocycles. The smallest absolute Gasteiger partial charge is 0.456 e. The molecule has 0 bridgehead atoms. The predicted octanol–water partition coefficient (Wildman–Crippen LogP) is 5.30. The second-order valence-electron chi connectivity index (χ2n) is 7.22. The number of hydrogen-bond donors (Lipinski definition) is 2. The van der Waals surface area contributed by atoms with Crippen LogP contribution in [0.3, 0.4) is 0 Å². The van der Waals surface area contributed by atoms with Crippen molar-refractivity contribution in [2.75, 3.05) is 0 Å². The minimum atomic E-state index is -1.50. The van der Waals surface area contributed by atoms with Crippen molar-refractivity contribution in [1.82, 2.24) is 0 Å². The van der Waals surface area contributed by atoms with E-state index in [0.717, 1.165) is 27.5 Å². The lowest BCUT2D eigenvalue weighted by atomic mass is 9.80. The van der Waals surface area contributed by atoms with E-state index in [0.29, 0.717) is 5.46 Å². The third-order valence-electron chi connectivity index (χ3n) is 5.51. The van der Waals surface area contributed by atoms with Crippen LogP contribution in [0.5, 0.6) is 0 Å². The Morgan fingerprint density at radius 2 is 1.45 bits per heavy atom. The molecule has 0 atom stereocenters. The number of hydrogen-bond acceptors (Lipinski definition) is 4. The second-order valence-corrected chi connectivity index (χ2v) is 8.27. The van der Waals surface area contributed by atoms with Gasteiger partial charge in [-0.05, 0) is 40.9 Å². The molecular formula is C24H15BO3S. The molecule has 3 nitrogen and oxygen atoms in total. The third kappa shape index (κ3) is 2.52. The standard InChI is InChI=1S/C24H15BO3S/c26-25(27)15-9-11-22-20(13-15)19-12-14(8-10-21(19)28-22)16-5-3-6-18-17-4-1-2-7-23(17)29-24(16)18/h1-13,26-27H. The van der Waals surface area contributed by atoms with Crippen molar-refractivity contribution in [3.63, 3.8) is 0 Å². The number of furan rings is 1. The van der Waals surface area contributed by atoms with Crippen LogP contribution in [0.4, 0.5) is 0 Å². The van der Waals surface area contributed by atoms with Gasteiger partial charge in [-0.25, -0.2) is 0 Å². The molecule has 0 saturated heterocycles. The quantitative estimate of drug-likeness (QED) is 0.392. The SMILES string of the molecule is OB(O)c1ccc2oc3ccc(-c4cccc5c4sc4ccccc45)cc3c2c1. The van der Waals surface area contributed by atoms with Crippen molar-refractivity contribution in [2.24, 2.45) is 0 Å². The van der Waals surface area contributed by atoms with Crippen molar-refractivity contribution >= 4 is 66.0 Å². The van der Waals surface area contributed by atoms with Crippen LogP contribution in [0.15, 0.2) is 83.3 Å². The van der Waals surface area contributed by atoms with Crippen molar-refractivity contribution in [3.05, 3.63) is 78.9 Å². The van der Waals surface area contributed by atoms with Crippen molar-refractivity contribution < 1.29 is 14.5 Å². The molecule has 0 saturated carbocycles. The number of fused-ring (bicyclic) bond motifs is 6. The van der Waals surface area contributed by atoms with Gasteiger partial charge in [0.2, 0.25) is 0 Å².